The molecule has 0 radical (unpaired) electrons. The number of nitrogens with one attached hydrogen (secondary N) is 1. The number of nitrogens with zero attached hydrogens (tertiary/aromatic N) is 2. The van der Waals surface area contributed by atoms with Crippen molar-refractivity contribution in [2.45, 2.75) is 44.1 Å². The van der Waals surface area contributed by atoms with Crippen LogP contribution in [0.1, 0.15) is 32.3 Å². The van der Waals surface area contributed by atoms with Crippen molar-refractivity contribution in [3.63, 3.8) is 0 Å². The van der Waals surface area contributed by atoms with Crippen molar-refractivity contribution in [2.75, 3.05) is 29.6 Å². The number of aryl methyl sites for hydroxylation is 1. The summed E-state index contributed by atoms with van der Waals surface area (Å²) in [6.45, 7) is 5.08. The normalized spacial score (nSPS) is 19.8. The van der Waals surface area contributed by atoms with Crippen molar-refractivity contribution in [1.29, 1.82) is 0 Å². The number of aromatic nitrogens is 1. The van der Waals surface area contributed by atoms with E-state index in [0.717, 1.165) is 24.0 Å². The van der Waals surface area contributed by atoms with E-state index in [1.165, 1.54) is 10.8 Å². The Morgan fingerprint density at radius 1 is 1.18 bits per heavy atom. The first-order valence-corrected chi connectivity index (χ1v) is 13.3. The van der Waals surface area contributed by atoms with Crippen LogP contribution in [0.15, 0.2) is 28.0 Å². The smallest absolute Gasteiger partial charge is 0.273 e. The number of rotatable bonds is 5. The van der Waals surface area contributed by atoms with Gasteiger partial charge in [-0.1, -0.05) is 13.8 Å². The largest absolute Gasteiger partial charge is 0.477 e. The van der Waals surface area contributed by atoms with E-state index >= 15 is 0 Å². The molecule has 1 atom stereocenters. The lowest BCUT2D eigenvalue weighted by Gasteiger charge is -2.37. The molecule has 1 fully saturated rings. The predicted octanol–water partition coefficient (Wildman–Crippen LogP) is 2.58. The third-order valence-electron chi connectivity index (χ3n) is 6.71. The van der Waals surface area contributed by atoms with E-state index in [-0.39, 0.29) is 22.3 Å². The van der Waals surface area contributed by atoms with E-state index in [1.54, 1.807) is 30.3 Å². The molecule has 1 saturated carbocycles. The first-order valence-electron chi connectivity index (χ1n) is 11.4. The number of hydrogen-bond acceptors (Lipinski definition) is 6. The molecule has 8 nitrogen and oxygen atoms in total. The summed E-state index contributed by atoms with van der Waals surface area (Å²) in [5.41, 5.74) is 3.11. The van der Waals surface area contributed by atoms with E-state index in [0.29, 0.717) is 48.1 Å². The number of pyridine rings is 1. The molecule has 3 heterocycles. The van der Waals surface area contributed by atoms with Crippen molar-refractivity contribution < 1.29 is 17.9 Å². The molecular formula is C24H29N3O5S. The SMILES string of the molecule is CC(C)C1Oc2c(-c3cn(C)c(=O)c4c3CCN4)cc(S(C)(=O)=O)cc2N(CC2CC2)C1=O. The van der Waals surface area contributed by atoms with Crippen molar-refractivity contribution in [2.24, 2.45) is 18.9 Å². The predicted molar refractivity (Wildman–Crippen MR) is 127 cm³/mol. The average Bonchev–Trinajstić information content (AvgIpc) is 3.43. The lowest BCUT2D eigenvalue weighted by Crippen LogP contribution is -2.49. The molecule has 0 saturated heterocycles. The summed E-state index contributed by atoms with van der Waals surface area (Å²) in [4.78, 5) is 27.9. The van der Waals surface area contributed by atoms with Gasteiger partial charge in [-0.05, 0) is 48.8 Å². The fraction of sp³-hybridized carbons (Fsp3) is 0.500. The van der Waals surface area contributed by atoms with Gasteiger partial charge in [0.15, 0.2) is 21.7 Å². The Morgan fingerprint density at radius 2 is 1.91 bits per heavy atom. The van der Waals surface area contributed by atoms with Gasteiger partial charge in [0.1, 0.15) is 5.69 Å². The van der Waals surface area contributed by atoms with Crippen LogP contribution in [0, 0.1) is 11.8 Å². The lowest BCUT2D eigenvalue weighted by atomic mass is 9.95. The Kier molecular flexibility index (Phi) is 5.08. The van der Waals surface area contributed by atoms with Crippen LogP contribution in [0.25, 0.3) is 11.1 Å². The molecule has 1 aliphatic carbocycles. The molecule has 3 aliphatic rings. The lowest BCUT2D eigenvalue weighted by molar-refractivity contribution is -0.128. The molecule has 176 valence electrons. The quantitative estimate of drug-likeness (QED) is 0.720. The number of sulfone groups is 1. The average molecular weight is 472 g/mol. The number of fused-ring (bicyclic) bond motifs is 2. The number of amides is 1. The Hall–Kier alpha value is -2.81. The van der Waals surface area contributed by atoms with E-state index in [9.17, 15) is 18.0 Å². The van der Waals surface area contributed by atoms with Crippen LogP contribution in [-0.2, 0) is 28.1 Å². The van der Waals surface area contributed by atoms with Gasteiger partial charge in [-0.25, -0.2) is 8.42 Å². The summed E-state index contributed by atoms with van der Waals surface area (Å²) >= 11 is 0. The molecule has 1 aromatic carbocycles. The summed E-state index contributed by atoms with van der Waals surface area (Å²) in [7, 11) is -1.88. The van der Waals surface area contributed by atoms with Crippen LogP contribution in [0.2, 0.25) is 0 Å². The molecule has 33 heavy (non-hydrogen) atoms. The first kappa shape index (κ1) is 22.0. The molecule has 1 amide bonds. The molecule has 2 aliphatic heterocycles. The van der Waals surface area contributed by atoms with Crippen LogP contribution in [-0.4, -0.2) is 44.3 Å². The summed E-state index contributed by atoms with van der Waals surface area (Å²) in [5, 5.41) is 3.16. The molecule has 0 bridgehead atoms. The highest BCUT2D eigenvalue weighted by atomic mass is 32.2. The zero-order valence-electron chi connectivity index (χ0n) is 19.3. The summed E-state index contributed by atoms with van der Waals surface area (Å²) in [6, 6.07) is 3.18. The summed E-state index contributed by atoms with van der Waals surface area (Å²) in [5.74, 6) is 0.744. The minimum absolute atomic E-state index is 0.0534. The zero-order valence-corrected chi connectivity index (χ0v) is 20.2. The van der Waals surface area contributed by atoms with Gasteiger partial charge >= 0.3 is 0 Å². The topological polar surface area (TPSA) is 97.7 Å². The van der Waals surface area contributed by atoms with Crippen LogP contribution in [0.3, 0.4) is 0 Å². The fourth-order valence-electron chi connectivity index (χ4n) is 4.70. The maximum atomic E-state index is 13.4. The molecule has 1 N–H and O–H groups in total. The third kappa shape index (κ3) is 3.72. The number of carbonyl (C=O) groups excluding carboxylic acids is 1. The van der Waals surface area contributed by atoms with Crippen LogP contribution >= 0.6 is 0 Å². The minimum atomic E-state index is -3.56. The van der Waals surface area contributed by atoms with Crippen LogP contribution in [0.5, 0.6) is 5.75 Å². The number of ether oxygens (including phenoxy) is 1. The number of benzene rings is 1. The van der Waals surface area contributed by atoms with E-state index in [4.69, 9.17) is 4.74 Å². The molecule has 9 heteroatoms. The Balaban J connectivity index is 1.81. The van der Waals surface area contributed by atoms with E-state index in [2.05, 4.69) is 5.32 Å². The zero-order chi connectivity index (χ0) is 23.7. The fourth-order valence-corrected chi connectivity index (χ4v) is 5.36. The Bertz CT molecular complexity index is 1320. The standard InChI is InChI=1S/C24H29N3O5S/c1-13(2)21-24(29)27(11-14-5-6-14)19-10-15(33(4,30)31)9-17(22(19)32-21)18-12-26(3)23(28)20-16(18)7-8-25-20/h9-10,12-14,21,25H,5-8,11H2,1-4H3. The van der Waals surface area contributed by atoms with Crippen LogP contribution in [0.4, 0.5) is 11.4 Å². The van der Waals surface area contributed by atoms with Crippen molar-refractivity contribution in [3.05, 3.63) is 34.2 Å². The maximum absolute atomic E-state index is 13.4. The van der Waals surface area contributed by atoms with Crippen molar-refractivity contribution in [3.8, 4) is 16.9 Å². The van der Waals surface area contributed by atoms with E-state index < -0.39 is 15.9 Å². The first-order chi connectivity index (χ1) is 15.6. The van der Waals surface area contributed by atoms with Gasteiger partial charge in [0.05, 0.1) is 10.6 Å². The van der Waals surface area contributed by atoms with E-state index in [1.807, 2.05) is 13.8 Å². The minimum Gasteiger partial charge on any atom is -0.477 e. The molecular weight excluding hydrogens is 442 g/mol. The molecule has 0 spiro atoms. The summed E-state index contributed by atoms with van der Waals surface area (Å²) < 4.78 is 33.1. The highest BCUT2D eigenvalue weighted by Gasteiger charge is 2.41. The second-order valence-corrected chi connectivity index (χ2v) is 11.8. The molecule has 5 rings (SSSR count). The second kappa shape index (κ2) is 7.62. The molecule has 1 aromatic heterocycles. The number of anilines is 2. The van der Waals surface area contributed by atoms with Gasteiger partial charge in [0, 0.05) is 43.7 Å². The highest BCUT2D eigenvalue weighted by Crippen LogP contribution is 2.48. The number of hydrogen-bond donors (Lipinski definition) is 1. The van der Waals surface area contributed by atoms with Gasteiger partial charge in [-0.2, -0.15) is 0 Å². The molecule has 2 aromatic rings. The van der Waals surface area contributed by atoms with Gasteiger partial charge in [0.25, 0.3) is 11.5 Å². The van der Waals surface area contributed by atoms with Gasteiger partial charge in [-0.3, -0.25) is 9.59 Å². The third-order valence-corrected chi connectivity index (χ3v) is 7.80. The maximum Gasteiger partial charge on any atom is 0.273 e. The summed E-state index contributed by atoms with van der Waals surface area (Å²) in [6.07, 6.45) is 5.02. The Labute approximate surface area is 193 Å². The monoisotopic (exact) mass is 471 g/mol. The highest BCUT2D eigenvalue weighted by molar-refractivity contribution is 7.90. The Morgan fingerprint density at radius 3 is 2.55 bits per heavy atom. The van der Waals surface area contributed by atoms with Gasteiger partial charge in [0.2, 0.25) is 0 Å². The van der Waals surface area contributed by atoms with Crippen molar-refractivity contribution in [1.82, 2.24) is 4.57 Å². The second-order valence-electron chi connectivity index (χ2n) is 9.76. The van der Waals surface area contributed by atoms with Gasteiger partial charge < -0.3 is 19.5 Å². The van der Waals surface area contributed by atoms with Crippen LogP contribution < -0.4 is 20.5 Å². The van der Waals surface area contributed by atoms with Gasteiger partial charge in [-0.15, -0.1) is 0 Å². The van der Waals surface area contributed by atoms with Crippen molar-refractivity contribution >= 4 is 27.1 Å². The molecule has 1 unspecified atom stereocenters. The number of carbonyl (C=O) groups is 1.